The van der Waals surface area contributed by atoms with Crippen LogP contribution < -0.4 is 4.74 Å². The van der Waals surface area contributed by atoms with Crippen LogP contribution >= 0.6 is 11.6 Å². The molecule has 2 rings (SSSR count). The first-order valence-corrected chi connectivity index (χ1v) is 6.11. The average molecular weight is 313 g/mol. The zero-order valence-corrected chi connectivity index (χ0v) is 11.5. The lowest BCUT2D eigenvalue weighted by Crippen LogP contribution is -2.09. The molecule has 0 spiro atoms. The number of rotatable bonds is 2. The number of hydrogen-bond donors (Lipinski definition) is 0. The van der Waals surface area contributed by atoms with E-state index in [1.54, 1.807) is 19.1 Å². The fourth-order valence-electron chi connectivity index (χ4n) is 1.59. The van der Waals surface area contributed by atoms with Crippen LogP contribution in [0.25, 0.3) is 0 Å². The number of nitrogens with zero attached hydrogens (tertiary/aromatic N) is 2. The third kappa shape index (κ3) is 3.44. The van der Waals surface area contributed by atoms with Gasteiger partial charge >= 0.3 is 6.18 Å². The van der Waals surface area contributed by atoms with Gasteiger partial charge in [-0.3, -0.25) is 0 Å². The van der Waals surface area contributed by atoms with Crippen molar-refractivity contribution >= 4 is 11.6 Å². The molecule has 108 valence electrons. The minimum atomic E-state index is -4.61. The summed E-state index contributed by atoms with van der Waals surface area (Å²) in [7, 11) is 0. The number of benzene rings is 1. The molecule has 7 heteroatoms. The van der Waals surface area contributed by atoms with Gasteiger partial charge in [-0.15, -0.1) is 0 Å². The van der Waals surface area contributed by atoms with E-state index in [2.05, 4.69) is 4.98 Å². The van der Waals surface area contributed by atoms with E-state index in [-0.39, 0.29) is 11.3 Å². The third-order valence-electron chi connectivity index (χ3n) is 2.61. The van der Waals surface area contributed by atoms with Gasteiger partial charge in [0, 0.05) is 5.02 Å². The van der Waals surface area contributed by atoms with Crippen molar-refractivity contribution < 1.29 is 17.9 Å². The molecule has 1 aromatic carbocycles. The fourth-order valence-corrected chi connectivity index (χ4v) is 1.82. The Kier molecular flexibility index (Phi) is 4.05. The minimum Gasteiger partial charge on any atom is -0.437 e. The number of halogens is 4. The summed E-state index contributed by atoms with van der Waals surface area (Å²) < 4.78 is 43.3. The minimum absolute atomic E-state index is 0.0858. The van der Waals surface area contributed by atoms with Gasteiger partial charge in [-0.25, -0.2) is 4.98 Å². The summed E-state index contributed by atoms with van der Waals surface area (Å²) in [6, 6.07) is 8.13. The topological polar surface area (TPSA) is 45.9 Å². The molecule has 0 N–H and O–H groups in total. The molecule has 0 aliphatic rings. The molecule has 0 atom stereocenters. The molecule has 0 bridgehead atoms. The number of alkyl halides is 3. The van der Waals surface area contributed by atoms with E-state index in [0.29, 0.717) is 10.6 Å². The van der Waals surface area contributed by atoms with Crippen LogP contribution in [-0.4, -0.2) is 4.98 Å². The van der Waals surface area contributed by atoms with Gasteiger partial charge in [-0.1, -0.05) is 11.6 Å². The number of aryl methyl sites for hydroxylation is 1. The Morgan fingerprint density at radius 3 is 2.52 bits per heavy atom. The molecule has 0 saturated carbocycles. The first kappa shape index (κ1) is 15.1. The molecular weight excluding hydrogens is 305 g/mol. The van der Waals surface area contributed by atoms with Crippen LogP contribution in [0.4, 0.5) is 13.2 Å². The van der Waals surface area contributed by atoms with Gasteiger partial charge in [0.25, 0.3) is 0 Å². The van der Waals surface area contributed by atoms with E-state index >= 15 is 0 Å². The quantitative estimate of drug-likeness (QED) is 0.805. The van der Waals surface area contributed by atoms with Gasteiger partial charge < -0.3 is 4.74 Å². The highest BCUT2D eigenvalue weighted by Crippen LogP contribution is 2.33. The van der Waals surface area contributed by atoms with E-state index in [9.17, 15) is 13.2 Å². The van der Waals surface area contributed by atoms with Crippen molar-refractivity contribution in [3.8, 4) is 17.7 Å². The van der Waals surface area contributed by atoms with Gasteiger partial charge in [0.05, 0.1) is 0 Å². The maximum atomic E-state index is 12.7. The van der Waals surface area contributed by atoms with E-state index in [0.717, 1.165) is 12.1 Å². The summed E-state index contributed by atoms with van der Waals surface area (Å²) >= 11 is 5.79. The highest BCUT2D eigenvalue weighted by molar-refractivity contribution is 6.30. The van der Waals surface area contributed by atoms with Crippen molar-refractivity contribution in [3.05, 3.63) is 52.2 Å². The summed E-state index contributed by atoms with van der Waals surface area (Å²) in [6.45, 7) is 1.68. The third-order valence-corrected chi connectivity index (χ3v) is 2.85. The monoisotopic (exact) mass is 312 g/mol. The molecule has 1 aromatic heterocycles. The number of nitriles is 1. The van der Waals surface area contributed by atoms with Crippen LogP contribution in [0.15, 0.2) is 30.3 Å². The lowest BCUT2D eigenvalue weighted by Gasteiger charge is -2.12. The number of aromatic nitrogens is 1. The lowest BCUT2D eigenvalue weighted by atomic mass is 10.2. The Bertz CT molecular complexity index is 723. The lowest BCUT2D eigenvalue weighted by molar-refractivity contribution is -0.141. The molecule has 0 amide bonds. The van der Waals surface area contributed by atoms with Crippen molar-refractivity contribution in [2.45, 2.75) is 13.1 Å². The zero-order valence-electron chi connectivity index (χ0n) is 10.7. The van der Waals surface area contributed by atoms with Crippen LogP contribution in [0.1, 0.15) is 16.8 Å². The van der Waals surface area contributed by atoms with Crippen LogP contribution in [0.2, 0.25) is 5.02 Å². The largest absolute Gasteiger partial charge is 0.437 e. The number of hydrogen-bond acceptors (Lipinski definition) is 3. The van der Waals surface area contributed by atoms with Crippen molar-refractivity contribution in [2.24, 2.45) is 0 Å². The van der Waals surface area contributed by atoms with Crippen LogP contribution in [0.5, 0.6) is 11.6 Å². The molecule has 0 saturated heterocycles. The summed E-state index contributed by atoms with van der Waals surface area (Å²) in [5, 5.41) is 9.40. The normalized spacial score (nSPS) is 11.0. The van der Waals surface area contributed by atoms with E-state index < -0.39 is 17.8 Å². The smallest absolute Gasteiger partial charge is 0.433 e. The summed E-state index contributed by atoms with van der Waals surface area (Å²) in [5.41, 5.74) is -0.592. The summed E-state index contributed by atoms with van der Waals surface area (Å²) in [6.07, 6.45) is -4.61. The fraction of sp³-hybridized carbons (Fsp3) is 0.143. The maximum absolute atomic E-state index is 12.7. The van der Waals surface area contributed by atoms with Crippen LogP contribution in [-0.2, 0) is 6.18 Å². The first-order chi connectivity index (χ1) is 9.81. The number of pyridine rings is 1. The molecule has 1 heterocycles. The highest BCUT2D eigenvalue weighted by atomic mass is 35.5. The summed E-state index contributed by atoms with van der Waals surface area (Å²) in [5.74, 6) is -0.111. The van der Waals surface area contributed by atoms with Crippen molar-refractivity contribution in [1.82, 2.24) is 4.98 Å². The molecule has 0 fully saturated rings. The molecule has 3 nitrogen and oxygen atoms in total. The Hall–Kier alpha value is -2.26. The van der Waals surface area contributed by atoms with E-state index in [1.807, 2.05) is 0 Å². The molecule has 2 aromatic rings. The predicted octanol–water partition coefficient (Wildman–Crippen LogP) is 4.73. The van der Waals surface area contributed by atoms with Crippen molar-refractivity contribution in [3.63, 3.8) is 0 Å². The Morgan fingerprint density at radius 1 is 1.24 bits per heavy atom. The molecule has 0 unspecified atom stereocenters. The van der Waals surface area contributed by atoms with Crippen LogP contribution in [0, 0.1) is 18.3 Å². The molecule has 0 aliphatic heterocycles. The summed E-state index contributed by atoms with van der Waals surface area (Å²) in [4.78, 5) is 3.37. The van der Waals surface area contributed by atoms with E-state index in [4.69, 9.17) is 21.6 Å². The van der Waals surface area contributed by atoms with E-state index in [1.165, 1.54) is 12.1 Å². The van der Waals surface area contributed by atoms with Crippen molar-refractivity contribution in [2.75, 3.05) is 0 Å². The molecular formula is C14H8ClF3N2O. The second-order valence-corrected chi connectivity index (χ2v) is 4.61. The SMILES string of the molecule is Cc1cc(Cl)ccc1Oc1nc(C(F)(F)F)ccc1C#N. The van der Waals surface area contributed by atoms with Gasteiger partial charge in [0.1, 0.15) is 23.1 Å². The van der Waals surface area contributed by atoms with Crippen LogP contribution in [0.3, 0.4) is 0 Å². The molecule has 21 heavy (non-hydrogen) atoms. The Labute approximate surface area is 123 Å². The van der Waals surface area contributed by atoms with Gasteiger partial charge in [-0.2, -0.15) is 18.4 Å². The Balaban J connectivity index is 2.45. The zero-order chi connectivity index (χ0) is 15.6. The second-order valence-electron chi connectivity index (χ2n) is 4.17. The molecule has 0 aliphatic carbocycles. The second kappa shape index (κ2) is 5.62. The predicted molar refractivity (Wildman–Crippen MR) is 70.2 cm³/mol. The van der Waals surface area contributed by atoms with Crippen molar-refractivity contribution in [1.29, 1.82) is 5.26 Å². The highest BCUT2D eigenvalue weighted by Gasteiger charge is 2.33. The number of ether oxygens (including phenoxy) is 1. The Morgan fingerprint density at radius 2 is 1.95 bits per heavy atom. The average Bonchev–Trinajstić information content (AvgIpc) is 2.41. The van der Waals surface area contributed by atoms with Gasteiger partial charge in [0.15, 0.2) is 0 Å². The van der Waals surface area contributed by atoms with Gasteiger partial charge in [-0.05, 0) is 42.8 Å². The standard InChI is InChI=1S/C14H8ClF3N2O/c1-8-6-10(15)3-4-11(8)21-13-9(7-19)2-5-12(20-13)14(16,17)18/h2-6H,1H3. The molecule has 0 radical (unpaired) electrons. The maximum Gasteiger partial charge on any atom is 0.433 e. The first-order valence-electron chi connectivity index (χ1n) is 5.73. The van der Waals surface area contributed by atoms with Gasteiger partial charge in [0.2, 0.25) is 5.88 Å².